The number of H-pyrrole nitrogens is 1. The zero-order chi connectivity index (χ0) is 12.0. The van der Waals surface area contributed by atoms with Gasteiger partial charge in [0.1, 0.15) is 4.83 Å². The summed E-state index contributed by atoms with van der Waals surface area (Å²) in [5, 5.41) is 2.69. The molecule has 3 rings (SSSR count). The number of thiophene rings is 1. The van der Waals surface area contributed by atoms with Crippen molar-refractivity contribution in [3.05, 3.63) is 26.6 Å². The minimum atomic E-state index is -0.0964. The third-order valence-electron chi connectivity index (χ3n) is 3.74. The van der Waals surface area contributed by atoms with Crippen molar-refractivity contribution in [3.8, 4) is 0 Å². The van der Waals surface area contributed by atoms with E-state index in [9.17, 15) is 4.79 Å². The Balaban J connectivity index is 2.36. The molecule has 0 aromatic carbocycles. The third-order valence-corrected chi connectivity index (χ3v) is 4.86. The standard InChI is InChI=1S/C12H14N2OS2/c1-12(5-2-3-6-12)14-10(15)8-4-7-17-9(8)13-11(14)16/h4,7H,2-3,5-6H2,1H3,(H,13,16). The number of nitrogens with one attached hydrogen (secondary N) is 1. The highest BCUT2D eigenvalue weighted by Gasteiger charge is 2.32. The van der Waals surface area contributed by atoms with Crippen LogP contribution in [0.25, 0.3) is 10.2 Å². The summed E-state index contributed by atoms with van der Waals surface area (Å²) < 4.78 is 2.36. The zero-order valence-electron chi connectivity index (χ0n) is 9.66. The summed E-state index contributed by atoms with van der Waals surface area (Å²) in [7, 11) is 0. The van der Waals surface area contributed by atoms with E-state index in [-0.39, 0.29) is 11.1 Å². The van der Waals surface area contributed by atoms with E-state index in [4.69, 9.17) is 12.2 Å². The highest BCUT2D eigenvalue weighted by molar-refractivity contribution is 7.71. The number of aromatic amines is 1. The molecule has 1 N–H and O–H groups in total. The van der Waals surface area contributed by atoms with Crippen molar-refractivity contribution in [1.29, 1.82) is 0 Å². The van der Waals surface area contributed by atoms with Gasteiger partial charge < -0.3 is 4.98 Å². The molecule has 0 radical (unpaired) electrons. The van der Waals surface area contributed by atoms with Gasteiger partial charge >= 0.3 is 0 Å². The molecule has 0 aliphatic heterocycles. The molecule has 1 saturated carbocycles. The second kappa shape index (κ2) is 3.78. The maximum absolute atomic E-state index is 12.5. The molecule has 5 heteroatoms. The maximum atomic E-state index is 12.5. The Morgan fingerprint density at radius 2 is 2.18 bits per heavy atom. The van der Waals surface area contributed by atoms with Gasteiger partial charge in [0.2, 0.25) is 0 Å². The van der Waals surface area contributed by atoms with Gasteiger partial charge in [-0.2, -0.15) is 0 Å². The highest BCUT2D eigenvalue weighted by atomic mass is 32.1. The van der Waals surface area contributed by atoms with E-state index in [0.29, 0.717) is 4.77 Å². The van der Waals surface area contributed by atoms with E-state index in [1.165, 1.54) is 24.2 Å². The molecule has 0 spiro atoms. The maximum Gasteiger partial charge on any atom is 0.263 e. The normalized spacial score (nSPS) is 18.9. The van der Waals surface area contributed by atoms with Crippen LogP contribution in [0.15, 0.2) is 16.2 Å². The number of hydrogen-bond acceptors (Lipinski definition) is 3. The molecule has 2 aromatic rings. The molecule has 3 nitrogen and oxygen atoms in total. The number of fused-ring (bicyclic) bond motifs is 1. The van der Waals surface area contributed by atoms with E-state index < -0.39 is 0 Å². The molecule has 0 atom stereocenters. The van der Waals surface area contributed by atoms with Crippen LogP contribution in [0.1, 0.15) is 32.6 Å². The quantitative estimate of drug-likeness (QED) is 0.803. The van der Waals surface area contributed by atoms with Crippen LogP contribution >= 0.6 is 23.6 Å². The van der Waals surface area contributed by atoms with Gasteiger partial charge in [-0.05, 0) is 43.4 Å². The monoisotopic (exact) mass is 266 g/mol. The molecule has 0 saturated heterocycles. The second-order valence-electron chi connectivity index (χ2n) is 4.94. The van der Waals surface area contributed by atoms with Crippen LogP contribution in [-0.2, 0) is 5.54 Å². The number of aromatic nitrogens is 2. The predicted octanol–water partition coefficient (Wildman–Crippen LogP) is 3.41. The summed E-state index contributed by atoms with van der Waals surface area (Å²) in [5.41, 5.74) is -0.0322. The molecule has 1 aliphatic carbocycles. The first-order valence-corrected chi connectivity index (χ1v) is 7.14. The van der Waals surface area contributed by atoms with Gasteiger partial charge in [-0.3, -0.25) is 9.36 Å². The smallest absolute Gasteiger partial charge is 0.263 e. The fraction of sp³-hybridized carbons (Fsp3) is 0.500. The summed E-state index contributed by atoms with van der Waals surface area (Å²) in [5.74, 6) is 0. The van der Waals surface area contributed by atoms with Crippen LogP contribution < -0.4 is 5.56 Å². The average Bonchev–Trinajstić information content (AvgIpc) is 2.87. The Bertz CT molecular complexity index is 674. The molecule has 1 fully saturated rings. The third kappa shape index (κ3) is 1.60. The number of hydrogen-bond donors (Lipinski definition) is 1. The first-order chi connectivity index (χ1) is 8.12. The average molecular weight is 266 g/mol. The number of nitrogens with zero attached hydrogens (tertiary/aromatic N) is 1. The van der Waals surface area contributed by atoms with Gasteiger partial charge in [0, 0.05) is 5.54 Å². The van der Waals surface area contributed by atoms with Crippen LogP contribution in [0.5, 0.6) is 0 Å². The van der Waals surface area contributed by atoms with Crippen molar-refractivity contribution < 1.29 is 0 Å². The van der Waals surface area contributed by atoms with E-state index >= 15 is 0 Å². The Morgan fingerprint density at radius 1 is 1.47 bits per heavy atom. The fourth-order valence-corrected chi connectivity index (χ4v) is 4.04. The molecule has 2 aromatic heterocycles. The Labute approximate surface area is 108 Å². The molecular formula is C12H14N2OS2. The van der Waals surface area contributed by atoms with Gasteiger partial charge in [-0.1, -0.05) is 12.8 Å². The minimum Gasteiger partial charge on any atom is -0.323 e. The van der Waals surface area contributed by atoms with Crippen molar-refractivity contribution in [2.45, 2.75) is 38.1 Å². The lowest BCUT2D eigenvalue weighted by Gasteiger charge is -2.26. The van der Waals surface area contributed by atoms with E-state index in [2.05, 4.69) is 11.9 Å². The Kier molecular flexibility index (Phi) is 2.48. The summed E-state index contributed by atoms with van der Waals surface area (Å²) in [4.78, 5) is 16.5. The largest absolute Gasteiger partial charge is 0.323 e. The molecular weight excluding hydrogens is 252 g/mol. The summed E-state index contributed by atoms with van der Waals surface area (Å²) in [6, 6.07) is 1.88. The second-order valence-corrected chi connectivity index (χ2v) is 6.24. The van der Waals surface area contributed by atoms with Crippen molar-refractivity contribution in [3.63, 3.8) is 0 Å². The topological polar surface area (TPSA) is 37.8 Å². The highest BCUT2D eigenvalue weighted by Crippen LogP contribution is 2.35. The molecule has 0 bridgehead atoms. The van der Waals surface area contributed by atoms with Gasteiger partial charge in [0.05, 0.1) is 5.39 Å². The van der Waals surface area contributed by atoms with Crippen LogP contribution in [0.3, 0.4) is 0 Å². The first-order valence-electron chi connectivity index (χ1n) is 5.85. The SMILES string of the molecule is CC1(n2c(=S)[nH]c3sccc3c2=O)CCCC1. The van der Waals surface area contributed by atoms with Gasteiger partial charge in [0.25, 0.3) is 5.56 Å². The predicted molar refractivity (Wildman–Crippen MR) is 73.4 cm³/mol. The van der Waals surface area contributed by atoms with E-state index in [1.54, 1.807) is 4.57 Å². The number of rotatable bonds is 1. The molecule has 2 heterocycles. The lowest BCUT2D eigenvalue weighted by molar-refractivity contribution is 0.313. The van der Waals surface area contributed by atoms with Crippen LogP contribution in [-0.4, -0.2) is 9.55 Å². The first kappa shape index (κ1) is 11.2. The molecule has 0 unspecified atom stereocenters. The van der Waals surface area contributed by atoms with Crippen molar-refractivity contribution in [2.75, 3.05) is 0 Å². The molecule has 17 heavy (non-hydrogen) atoms. The van der Waals surface area contributed by atoms with Gasteiger partial charge in [0.15, 0.2) is 4.77 Å². The van der Waals surface area contributed by atoms with Gasteiger partial charge in [-0.15, -0.1) is 11.3 Å². The summed E-state index contributed by atoms with van der Waals surface area (Å²) in [6.45, 7) is 2.14. The van der Waals surface area contributed by atoms with Crippen molar-refractivity contribution in [1.82, 2.24) is 9.55 Å². The Morgan fingerprint density at radius 3 is 2.88 bits per heavy atom. The van der Waals surface area contributed by atoms with Crippen molar-refractivity contribution >= 4 is 33.8 Å². The zero-order valence-corrected chi connectivity index (χ0v) is 11.3. The molecule has 0 amide bonds. The van der Waals surface area contributed by atoms with E-state index in [0.717, 1.165) is 23.1 Å². The summed E-state index contributed by atoms with van der Waals surface area (Å²) >= 11 is 6.89. The fourth-order valence-electron chi connectivity index (χ4n) is 2.79. The Hall–Kier alpha value is -0.940. The van der Waals surface area contributed by atoms with Crippen molar-refractivity contribution in [2.24, 2.45) is 0 Å². The molecule has 1 aliphatic rings. The van der Waals surface area contributed by atoms with Gasteiger partial charge in [-0.25, -0.2) is 0 Å². The lowest BCUT2D eigenvalue weighted by Crippen LogP contribution is -2.37. The van der Waals surface area contributed by atoms with Crippen LogP contribution in [0.4, 0.5) is 0 Å². The lowest BCUT2D eigenvalue weighted by atomic mass is 10.0. The van der Waals surface area contributed by atoms with E-state index in [1.807, 2.05) is 11.4 Å². The molecule has 90 valence electrons. The van der Waals surface area contributed by atoms with Crippen LogP contribution in [0, 0.1) is 4.77 Å². The minimum absolute atomic E-state index is 0.0643. The van der Waals surface area contributed by atoms with Crippen LogP contribution in [0.2, 0.25) is 0 Å². The summed E-state index contributed by atoms with van der Waals surface area (Å²) in [6.07, 6.45) is 4.44.